The Balaban J connectivity index is 3.83. The van der Waals surface area contributed by atoms with E-state index in [1.807, 2.05) is 20.0 Å². The number of allylic oxidation sites excluding steroid dienone is 2. The molecular formula is C8H14N2. The summed E-state index contributed by atoms with van der Waals surface area (Å²) in [5, 5.41) is 3.00. The van der Waals surface area contributed by atoms with Crippen molar-refractivity contribution in [2.75, 3.05) is 7.05 Å². The van der Waals surface area contributed by atoms with Gasteiger partial charge < -0.3 is 5.32 Å². The second-order valence-electron chi connectivity index (χ2n) is 2.05. The molecule has 0 atom stereocenters. The van der Waals surface area contributed by atoms with Gasteiger partial charge in [-0.3, -0.25) is 4.99 Å². The first-order valence-electron chi connectivity index (χ1n) is 3.20. The Morgan fingerprint density at radius 2 is 2.10 bits per heavy atom. The molecule has 0 saturated heterocycles. The molecule has 0 rings (SSSR count). The van der Waals surface area contributed by atoms with Gasteiger partial charge in [-0.1, -0.05) is 12.7 Å². The van der Waals surface area contributed by atoms with Crippen molar-refractivity contribution in [3.05, 3.63) is 24.4 Å². The molecule has 1 N–H and O–H groups in total. The average Bonchev–Trinajstić information content (AvgIpc) is 1.99. The normalized spacial score (nSPS) is 13.1. The van der Waals surface area contributed by atoms with Crippen molar-refractivity contribution < 1.29 is 0 Å². The second kappa shape index (κ2) is 4.79. The maximum Gasteiger partial charge on any atom is 0.0967 e. The summed E-state index contributed by atoms with van der Waals surface area (Å²) in [7, 11) is 1.75. The third kappa shape index (κ3) is 3.89. The molecule has 0 saturated carbocycles. The molecule has 2 nitrogen and oxygen atoms in total. The summed E-state index contributed by atoms with van der Waals surface area (Å²) < 4.78 is 0. The van der Waals surface area contributed by atoms with Crippen molar-refractivity contribution in [2.45, 2.75) is 13.8 Å². The van der Waals surface area contributed by atoms with Crippen molar-refractivity contribution >= 4 is 5.84 Å². The molecule has 0 aliphatic heterocycles. The van der Waals surface area contributed by atoms with E-state index < -0.39 is 0 Å². The number of aliphatic imine (C=N–C) groups is 1. The number of hydrogen-bond donors (Lipinski definition) is 1. The van der Waals surface area contributed by atoms with Gasteiger partial charge >= 0.3 is 0 Å². The second-order valence-corrected chi connectivity index (χ2v) is 2.05. The first kappa shape index (κ1) is 8.95. The monoisotopic (exact) mass is 138 g/mol. The summed E-state index contributed by atoms with van der Waals surface area (Å²) in [6, 6.07) is 0. The zero-order valence-corrected chi connectivity index (χ0v) is 6.81. The van der Waals surface area contributed by atoms with Crippen molar-refractivity contribution in [2.24, 2.45) is 4.99 Å². The molecule has 2 heteroatoms. The smallest absolute Gasteiger partial charge is 0.0967 e. The van der Waals surface area contributed by atoms with E-state index in [-0.39, 0.29) is 0 Å². The minimum absolute atomic E-state index is 0.904. The molecule has 56 valence electrons. The van der Waals surface area contributed by atoms with Crippen molar-refractivity contribution in [1.29, 1.82) is 0 Å². The lowest BCUT2D eigenvalue weighted by Gasteiger charge is -1.97. The van der Waals surface area contributed by atoms with Crippen LogP contribution in [0.25, 0.3) is 0 Å². The van der Waals surface area contributed by atoms with Crippen LogP contribution in [0.4, 0.5) is 0 Å². The summed E-state index contributed by atoms with van der Waals surface area (Å²) in [6.07, 6.45) is 3.66. The lowest BCUT2D eigenvalue weighted by atomic mass is 10.3. The van der Waals surface area contributed by atoms with Crippen molar-refractivity contribution in [3.63, 3.8) is 0 Å². The molecule has 0 heterocycles. The molecule has 0 aliphatic rings. The number of nitrogens with one attached hydrogen (secondary N) is 1. The molecule has 0 aromatic rings. The molecule has 0 bridgehead atoms. The van der Waals surface area contributed by atoms with E-state index in [0.717, 1.165) is 11.4 Å². The molecule has 0 fully saturated rings. The third-order valence-corrected chi connectivity index (χ3v) is 1.17. The van der Waals surface area contributed by atoms with E-state index in [9.17, 15) is 0 Å². The van der Waals surface area contributed by atoms with Crippen LogP contribution >= 0.6 is 0 Å². The summed E-state index contributed by atoms with van der Waals surface area (Å²) in [4.78, 5) is 3.92. The van der Waals surface area contributed by atoms with E-state index in [4.69, 9.17) is 0 Å². The van der Waals surface area contributed by atoms with Crippen LogP contribution < -0.4 is 5.32 Å². The summed E-state index contributed by atoms with van der Waals surface area (Å²) >= 11 is 0. The van der Waals surface area contributed by atoms with Crippen LogP contribution in [0.5, 0.6) is 0 Å². The standard InChI is InChI=1S/C8H14N2/c1-5-7(2)6-10-8(3)9-4/h5-6H,1H2,2-4H3,(H,9,10)/b7-6-. The minimum atomic E-state index is 0.904. The Kier molecular flexibility index (Phi) is 4.29. The lowest BCUT2D eigenvalue weighted by Crippen LogP contribution is -2.12. The molecule has 10 heavy (non-hydrogen) atoms. The van der Waals surface area contributed by atoms with Crippen LogP contribution in [0.1, 0.15) is 13.8 Å². The Morgan fingerprint density at radius 3 is 2.50 bits per heavy atom. The number of nitrogens with zero attached hydrogens (tertiary/aromatic N) is 1. The van der Waals surface area contributed by atoms with Crippen LogP contribution in [-0.4, -0.2) is 12.9 Å². The van der Waals surface area contributed by atoms with Gasteiger partial charge in [-0.15, -0.1) is 0 Å². The predicted octanol–water partition coefficient (Wildman–Crippen LogP) is 1.71. The molecule has 0 spiro atoms. The topological polar surface area (TPSA) is 24.4 Å². The molecule has 0 aromatic heterocycles. The van der Waals surface area contributed by atoms with Crippen LogP contribution in [0, 0.1) is 0 Å². The fourth-order valence-corrected chi connectivity index (χ4v) is 0.342. The maximum atomic E-state index is 3.92. The molecule has 0 aromatic carbocycles. The van der Waals surface area contributed by atoms with Crippen molar-refractivity contribution in [3.8, 4) is 0 Å². The van der Waals surface area contributed by atoms with Gasteiger partial charge in [-0.05, 0) is 19.4 Å². The Hall–Kier alpha value is -1.05. The Morgan fingerprint density at radius 1 is 1.50 bits per heavy atom. The van der Waals surface area contributed by atoms with E-state index in [0.29, 0.717) is 0 Å². The third-order valence-electron chi connectivity index (χ3n) is 1.17. The van der Waals surface area contributed by atoms with Crippen LogP contribution in [-0.2, 0) is 0 Å². The van der Waals surface area contributed by atoms with Gasteiger partial charge in [-0.25, -0.2) is 0 Å². The number of rotatable bonds is 2. The lowest BCUT2D eigenvalue weighted by molar-refractivity contribution is 1.19. The highest BCUT2D eigenvalue weighted by Gasteiger charge is 1.81. The van der Waals surface area contributed by atoms with Gasteiger partial charge in [0.25, 0.3) is 0 Å². The highest BCUT2D eigenvalue weighted by Crippen LogP contribution is 1.88. The first-order chi connectivity index (χ1) is 4.70. The first-order valence-corrected chi connectivity index (χ1v) is 3.20. The van der Waals surface area contributed by atoms with Crippen LogP contribution in [0.3, 0.4) is 0 Å². The Labute approximate surface area is 62.4 Å². The van der Waals surface area contributed by atoms with E-state index in [2.05, 4.69) is 16.9 Å². The van der Waals surface area contributed by atoms with Gasteiger partial charge in [-0.2, -0.15) is 0 Å². The van der Waals surface area contributed by atoms with E-state index in [1.165, 1.54) is 0 Å². The SMILES string of the molecule is C=C/C(C)=C\NC(C)=NC. The molecule has 0 aliphatic carbocycles. The fourth-order valence-electron chi connectivity index (χ4n) is 0.342. The van der Waals surface area contributed by atoms with Gasteiger partial charge in [0, 0.05) is 13.2 Å². The Bertz CT molecular complexity index is 166. The number of amidine groups is 1. The summed E-state index contributed by atoms with van der Waals surface area (Å²) in [5.74, 6) is 0.904. The predicted molar refractivity (Wildman–Crippen MR) is 46.1 cm³/mol. The van der Waals surface area contributed by atoms with Gasteiger partial charge in [0.05, 0.1) is 5.84 Å². The van der Waals surface area contributed by atoms with Gasteiger partial charge in [0.2, 0.25) is 0 Å². The quantitative estimate of drug-likeness (QED) is 0.350. The zero-order chi connectivity index (χ0) is 7.98. The fraction of sp³-hybridized carbons (Fsp3) is 0.375. The minimum Gasteiger partial charge on any atom is -0.350 e. The van der Waals surface area contributed by atoms with Crippen LogP contribution in [0.15, 0.2) is 29.4 Å². The van der Waals surface area contributed by atoms with E-state index in [1.54, 1.807) is 13.1 Å². The van der Waals surface area contributed by atoms with Crippen molar-refractivity contribution in [1.82, 2.24) is 5.32 Å². The average molecular weight is 138 g/mol. The molecule has 0 amide bonds. The van der Waals surface area contributed by atoms with Gasteiger partial charge in [0.15, 0.2) is 0 Å². The largest absolute Gasteiger partial charge is 0.350 e. The summed E-state index contributed by atoms with van der Waals surface area (Å²) in [5.41, 5.74) is 1.10. The number of hydrogen-bond acceptors (Lipinski definition) is 1. The summed E-state index contributed by atoms with van der Waals surface area (Å²) in [6.45, 7) is 7.50. The molecular weight excluding hydrogens is 124 g/mol. The molecule has 0 unspecified atom stereocenters. The molecule has 0 radical (unpaired) electrons. The van der Waals surface area contributed by atoms with E-state index >= 15 is 0 Å². The van der Waals surface area contributed by atoms with Crippen LogP contribution in [0.2, 0.25) is 0 Å². The zero-order valence-electron chi connectivity index (χ0n) is 6.81. The highest BCUT2D eigenvalue weighted by atomic mass is 14.9. The maximum absolute atomic E-state index is 3.92. The van der Waals surface area contributed by atoms with Gasteiger partial charge in [0.1, 0.15) is 0 Å². The highest BCUT2D eigenvalue weighted by molar-refractivity contribution is 5.80.